The minimum absolute atomic E-state index is 0.752. The van der Waals surface area contributed by atoms with Gasteiger partial charge >= 0.3 is 0 Å². The fourth-order valence-electron chi connectivity index (χ4n) is 3.15. The zero-order chi connectivity index (χ0) is 12.8. The first-order valence-electron chi connectivity index (χ1n) is 7.79. The number of hydrogen-bond donors (Lipinski definition) is 1. The van der Waals surface area contributed by atoms with E-state index in [0.717, 1.165) is 29.7 Å². The van der Waals surface area contributed by atoms with E-state index in [1.807, 2.05) is 0 Å². The molecule has 1 fully saturated rings. The number of nitrogens with one attached hydrogen (secondary N) is 1. The normalized spacial score (nSPS) is 29.3. The Morgan fingerprint density at radius 3 is 2.12 bits per heavy atom. The second kappa shape index (κ2) is 7.41. The van der Waals surface area contributed by atoms with E-state index in [-0.39, 0.29) is 0 Å². The maximum Gasteiger partial charge on any atom is 0.0123 e. The summed E-state index contributed by atoms with van der Waals surface area (Å²) >= 11 is 0. The molecule has 1 aliphatic carbocycles. The van der Waals surface area contributed by atoms with Gasteiger partial charge in [-0.05, 0) is 49.5 Å². The molecule has 102 valence electrons. The largest absolute Gasteiger partial charge is 0.313 e. The van der Waals surface area contributed by atoms with E-state index in [0.29, 0.717) is 0 Å². The first-order chi connectivity index (χ1) is 8.06. The van der Waals surface area contributed by atoms with Crippen LogP contribution in [0.2, 0.25) is 0 Å². The number of rotatable bonds is 6. The van der Waals surface area contributed by atoms with Crippen LogP contribution in [0.25, 0.3) is 0 Å². The Labute approximate surface area is 109 Å². The van der Waals surface area contributed by atoms with Gasteiger partial charge in [-0.2, -0.15) is 0 Å². The summed E-state index contributed by atoms with van der Waals surface area (Å²) in [5, 5.41) is 3.84. The van der Waals surface area contributed by atoms with Crippen LogP contribution in [0.3, 0.4) is 0 Å². The van der Waals surface area contributed by atoms with Crippen molar-refractivity contribution >= 4 is 0 Å². The summed E-state index contributed by atoms with van der Waals surface area (Å²) in [6.07, 6.45) is 7.03. The van der Waals surface area contributed by atoms with Gasteiger partial charge in [-0.25, -0.2) is 0 Å². The highest BCUT2D eigenvalue weighted by atomic mass is 14.9. The number of hydrogen-bond acceptors (Lipinski definition) is 1. The van der Waals surface area contributed by atoms with Gasteiger partial charge < -0.3 is 5.32 Å². The molecule has 0 heterocycles. The van der Waals surface area contributed by atoms with Crippen molar-refractivity contribution in [1.82, 2.24) is 5.32 Å². The third-order valence-electron chi connectivity index (χ3n) is 4.82. The topological polar surface area (TPSA) is 12.0 Å². The molecule has 0 saturated heterocycles. The maximum absolute atomic E-state index is 3.84. The van der Waals surface area contributed by atoms with Crippen LogP contribution >= 0.6 is 0 Å². The first-order valence-corrected chi connectivity index (χ1v) is 7.79. The van der Waals surface area contributed by atoms with Crippen LogP contribution in [0.4, 0.5) is 0 Å². The van der Waals surface area contributed by atoms with Crippen molar-refractivity contribution in [3.05, 3.63) is 0 Å². The molecule has 0 aliphatic heterocycles. The lowest BCUT2D eigenvalue weighted by Gasteiger charge is -2.38. The van der Waals surface area contributed by atoms with Crippen LogP contribution in [0.1, 0.15) is 66.7 Å². The third kappa shape index (κ3) is 4.62. The molecule has 0 spiro atoms. The summed E-state index contributed by atoms with van der Waals surface area (Å²) in [6, 6.07) is 0.752. The van der Waals surface area contributed by atoms with Gasteiger partial charge in [-0.1, -0.05) is 47.5 Å². The molecule has 1 N–H and O–H groups in total. The molecule has 17 heavy (non-hydrogen) atoms. The fraction of sp³-hybridized carbons (Fsp3) is 1.00. The second-order valence-electron chi connectivity index (χ2n) is 6.60. The third-order valence-corrected chi connectivity index (χ3v) is 4.82. The summed E-state index contributed by atoms with van der Waals surface area (Å²) in [5.41, 5.74) is 0. The highest BCUT2D eigenvalue weighted by Crippen LogP contribution is 2.34. The monoisotopic (exact) mass is 239 g/mol. The molecule has 1 heteroatoms. The summed E-state index contributed by atoms with van der Waals surface area (Å²) < 4.78 is 0. The fourth-order valence-corrected chi connectivity index (χ4v) is 3.15. The average molecular weight is 239 g/mol. The smallest absolute Gasteiger partial charge is 0.0123 e. The molecule has 0 bridgehead atoms. The van der Waals surface area contributed by atoms with Crippen LogP contribution in [0, 0.1) is 23.7 Å². The highest BCUT2D eigenvalue weighted by molar-refractivity contribution is 4.85. The standard InChI is InChI=1S/C16H33N/c1-6-11-17-16(14(5)12(2)3)15-9-7-13(4)8-10-15/h12-17H,6-11H2,1-5H3. The second-order valence-corrected chi connectivity index (χ2v) is 6.60. The maximum atomic E-state index is 3.84. The first kappa shape index (κ1) is 15.0. The predicted octanol–water partition coefficient (Wildman–Crippen LogP) is 4.47. The van der Waals surface area contributed by atoms with Crippen LogP contribution in [-0.4, -0.2) is 12.6 Å². The molecule has 1 aliphatic rings. The quantitative estimate of drug-likeness (QED) is 0.721. The van der Waals surface area contributed by atoms with Gasteiger partial charge in [-0.15, -0.1) is 0 Å². The van der Waals surface area contributed by atoms with Crippen molar-refractivity contribution in [3.63, 3.8) is 0 Å². The average Bonchev–Trinajstić information content (AvgIpc) is 2.31. The minimum Gasteiger partial charge on any atom is -0.313 e. The Balaban J connectivity index is 2.55. The van der Waals surface area contributed by atoms with E-state index in [4.69, 9.17) is 0 Å². The van der Waals surface area contributed by atoms with E-state index in [9.17, 15) is 0 Å². The van der Waals surface area contributed by atoms with Gasteiger partial charge in [-0.3, -0.25) is 0 Å². The zero-order valence-corrected chi connectivity index (χ0v) is 12.6. The van der Waals surface area contributed by atoms with Gasteiger partial charge in [0.2, 0.25) is 0 Å². The van der Waals surface area contributed by atoms with E-state index >= 15 is 0 Å². The van der Waals surface area contributed by atoms with Crippen LogP contribution < -0.4 is 5.32 Å². The van der Waals surface area contributed by atoms with E-state index < -0.39 is 0 Å². The molecule has 1 nitrogen and oxygen atoms in total. The highest BCUT2D eigenvalue weighted by Gasteiger charge is 2.30. The zero-order valence-electron chi connectivity index (χ0n) is 12.6. The molecule has 0 aromatic carbocycles. The van der Waals surface area contributed by atoms with Crippen molar-refractivity contribution in [2.75, 3.05) is 6.54 Å². The summed E-state index contributed by atoms with van der Waals surface area (Å²) in [5.74, 6) is 3.49. The Morgan fingerprint density at radius 2 is 1.65 bits per heavy atom. The van der Waals surface area contributed by atoms with Gasteiger partial charge in [0, 0.05) is 6.04 Å². The molecule has 1 rings (SSSR count). The van der Waals surface area contributed by atoms with Crippen LogP contribution in [-0.2, 0) is 0 Å². The molecule has 2 atom stereocenters. The van der Waals surface area contributed by atoms with Crippen molar-refractivity contribution < 1.29 is 0 Å². The Kier molecular flexibility index (Phi) is 6.54. The van der Waals surface area contributed by atoms with Crippen LogP contribution in [0.15, 0.2) is 0 Å². The van der Waals surface area contributed by atoms with E-state index in [1.54, 1.807) is 0 Å². The van der Waals surface area contributed by atoms with Gasteiger partial charge in [0.05, 0.1) is 0 Å². The van der Waals surface area contributed by atoms with Gasteiger partial charge in [0.15, 0.2) is 0 Å². The van der Waals surface area contributed by atoms with E-state index in [1.165, 1.54) is 38.6 Å². The molecular weight excluding hydrogens is 206 g/mol. The van der Waals surface area contributed by atoms with Crippen LogP contribution in [0.5, 0.6) is 0 Å². The van der Waals surface area contributed by atoms with Gasteiger partial charge in [0.1, 0.15) is 0 Å². The summed E-state index contributed by atoms with van der Waals surface area (Å²) in [4.78, 5) is 0. The lowest BCUT2D eigenvalue weighted by Crippen LogP contribution is -2.44. The molecule has 0 aromatic rings. The van der Waals surface area contributed by atoms with E-state index in [2.05, 4.69) is 39.9 Å². The SMILES string of the molecule is CCCNC(C1CCC(C)CC1)C(C)C(C)C. The Morgan fingerprint density at radius 1 is 1.06 bits per heavy atom. The Bertz CT molecular complexity index is 192. The molecule has 0 radical (unpaired) electrons. The van der Waals surface area contributed by atoms with Crippen molar-refractivity contribution in [2.45, 2.75) is 72.8 Å². The Hall–Kier alpha value is -0.0400. The molecule has 1 saturated carbocycles. The van der Waals surface area contributed by atoms with Crippen molar-refractivity contribution in [3.8, 4) is 0 Å². The summed E-state index contributed by atoms with van der Waals surface area (Å²) in [7, 11) is 0. The molecule has 0 aromatic heterocycles. The van der Waals surface area contributed by atoms with Gasteiger partial charge in [0.25, 0.3) is 0 Å². The lowest BCUT2D eigenvalue weighted by atomic mass is 9.73. The molecule has 0 amide bonds. The molecular formula is C16H33N. The minimum atomic E-state index is 0.752. The molecule has 2 unspecified atom stereocenters. The van der Waals surface area contributed by atoms with Crippen molar-refractivity contribution in [1.29, 1.82) is 0 Å². The predicted molar refractivity (Wildman–Crippen MR) is 77.2 cm³/mol. The lowest BCUT2D eigenvalue weighted by molar-refractivity contribution is 0.165. The van der Waals surface area contributed by atoms with Crippen molar-refractivity contribution in [2.24, 2.45) is 23.7 Å². The summed E-state index contributed by atoms with van der Waals surface area (Å²) in [6.45, 7) is 13.1.